The minimum absolute atomic E-state index is 0.0856. The molecule has 0 saturated carbocycles. The first-order valence-corrected chi connectivity index (χ1v) is 17.9. The van der Waals surface area contributed by atoms with Crippen molar-refractivity contribution in [3.05, 3.63) is 12.4 Å². The zero-order valence-electron chi connectivity index (χ0n) is 28.1. The molecule has 2 aromatic rings. The Balaban J connectivity index is 1.16. The van der Waals surface area contributed by atoms with Gasteiger partial charge in [0, 0.05) is 6.42 Å². The summed E-state index contributed by atoms with van der Waals surface area (Å²) in [5.41, 5.74) is 4.27. The van der Waals surface area contributed by atoms with Crippen LogP contribution in [0.3, 0.4) is 0 Å². The molecule has 1 fully saturated rings. The van der Waals surface area contributed by atoms with E-state index in [-0.39, 0.29) is 36.4 Å². The summed E-state index contributed by atoms with van der Waals surface area (Å²) in [6, 6.07) is 0. The molecule has 9 nitrogen and oxygen atoms in total. The number of nitrogens with two attached hydrogens (primary N) is 1. The van der Waals surface area contributed by atoms with Crippen LogP contribution in [0, 0.1) is 18.4 Å². The fourth-order valence-electron chi connectivity index (χ4n) is 6.17. The minimum Gasteiger partial charge on any atom is -0.461 e. The van der Waals surface area contributed by atoms with Crippen LogP contribution in [0.2, 0.25) is 0 Å². The zero-order valence-corrected chi connectivity index (χ0v) is 28.1. The number of fused-ring (bicyclic) bond motifs is 1. The molecule has 2 aromatic heterocycles. The van der Waals surface area contributed by atoms with E-state index in [1.807, 2.05) is 0 Å². The number of ketones is 1. The second kappa shape index (κ2) is 20.9. The zero-order chi connectivity index (χ0) is 33.0. The third-order valence-electron chi connectivity index (χ3n) is 9.03. The van der Waals surface area contributed by atoms with Crippen LogP contribution in [-0.2, 0) is 19.1 Å². The molecule has 256 valence electrons. The number of ether oxygens (including phenoxy) is 2. The Morgan fingerprint density at radius 1 is 0.935 bits per heavy atom. The number of unbranched alkanes of at least 4 members (excludes halogenated alkanes) is 20. The predicted molar refractivity (Wildman–Crippen MR) is 179 cm³/mol. The number of hydrogen-bond donors (Lipinski definition) is 1. The first-order chi connectivity index (χ1) is 22.4. The van der Waals surface area contributed by atoms with Crippen molar-refractivity contribution in [2.75, 3.05) is 12.3 Å². The number of nitrogens with zero attached hydrogens (tertiary/aromatic N) is 4. The normalized spacial score (nSPS) is 17.9. The van der Waals surface area contributed by atoms with Crippen molar-refractivity contribution >= 4 is 28.7 Å². The standard InChI is InChI=1S/C36H56FN5O4/c1-3-5-6-7-8-9-10-11-12-13-14-15-16-17-18-19-20-21-22-23-24-25-31(44)45-27-36(4-2)29(43)26-30(46-36)42-28-39-32-33(38)40-35(37)41-34(32)42/h2,28,30H,3,5-27H2,1H3,(H2,38,40,41). The Kier molecular flexibility index (Phi) is 17.0. The number of nitrogen functional groups attached to an aromatic ring is 1. The van der Waals surface area contributed by atoms with Crippen molar-refractivity contribution in [1.82, 2.24) is 19.5 Å². The van der Waals surface area contributed by atoms with E-state index in [0.29, 0.717) is 0 Å². The highest BCUT2D eigenvalue weighted by Crippen LogP contribution is 2.35. The van der Waals surface area contributed by atoms with Crippen molar-refractivity contribution in [3.8, 4) is 12.3 Å². The van der Waals surface area contributed by atoms with Crippen molar-refractivity contribution in [3.63, 3.8) is 0 Å². The molecule has 2 N–H and O–H groups in total. The maximum atomic E-state index is 13.7. The number of anilines is 1. The minimum atomic E-state index is -1.72. The first kappa shape index (κ1) is 37.4. The summed E-state index contributed by atoms with van der Waals surface area (Å²) in [7, 11) is 0. The van der Waals surface area contributed by atoms with Gasteiger partial charge in [0.05, 0.1) is 12.7 Å². The van der Waals surface area contributed by atoms with E-state index < -0.39 is 29.7 Å². The summed E-state index contributed by atoms with van der Waals surface area (Å²) in [6.45, 7) is 1.90. The highest BCUT2D eigenvalue weighted by molar-refractivity contribution is 5.93. The maximum absolute atomic E-state index is 13.7. The number of esters is 1. The molecule has 2 atom stereocenters. The summed E-state index contributed by atoms with van der Waals surface area (Å²) in [6.07, 6.45) is 32.6. The monoisotopic (exact) mass is 641 g/mol. The van der Waals surface area contributed by atoms with Gasteiger partial charge in [-0.25, -0.2) is 4.98 Å². The number of hydrogen-bond acceptors (Lipinski definition) is 8. The summed E-state index contributed by atoms with van der Waals surface area (Å²) in [5, 5.41) is 0. The highest BCUT2D eigenvalue weighted by Gasteiger charge is 2.49. The predicted octanol–water partition coefficient (Wildman–Crippen LogP) is 8.55. The fraction of sp³-hybridized carbons (Fsp3) is 0.750. The number of imidazole rings is 1. The quantitative estimate of drug-likeness (QED) is 0.0495. The van der Waals surface area contributed by atoms with Gasteiger partial charge in [-0.1, -0.05) is 141 Å². The molecule has 1 saturated heterocycles. The molecule has 0 radical (unpaired) electrons. The molecule has 0 aliphatic carbocycles. The van der Waals surface area contributed by atoms with Crippen LogP contribution in [0.15, 0.2) is 6.33 Å². The molecule has 3 heterocycles. The molecule has 0 spiro atoms. The average Bonchev–Trinajstić information content (AvgIpc) is 3.61. The lowest BCUT2D eigenvalue weighted by molar-refractivity contribution is -0.155. The van der Waals surface area contributed by atoms with Gasteiger partial charge in [0.15, 0.2) is 22.8 Å². The average molecular weight is 642 g/mol. The van der Waals surface area contributed by atoms with Crippen LogP contribution in [0.4, 0.5) is 10.2 Å². The Morgan fingerprint density at radius 2 is 1.43 bits per heavy atom. The van der Waals surface area contributed by atoms with Gasteiger partial charge >= 0.3 is 12.0 Å². The molecule has 3 rings (SSSR count). The van der Waals surface area contributed by atoms with Crippen molar-refractivity contribution in [1.29, 1.82) is 0 Å². The molecule has 2 unspecified atom stereocenters. The van der Waals surface area contributed by atoms with Gasteiger partial charge in [0.25, 0.3) is 0 Å². The summed E-state index contributed by atoms with van der Waals surface area (Å²) < 4.78 is 26.4. The Bertz CT molecular complexity index is 1240. The van der Waals surface area contributed by atoms with Crippen LogP contribution in [-0.4, -0.2) is 43.5 Å². The number of terminal acetylenes is 1. The number of Topliss-reactive ketones (excluding diaryl/α,β-unsaturated/α-hetero) is 1. The van der Waals surface area contributed by atoms with E-state index in [1.54, 1.807) is 0 Å². The first-order valence-electron chi connectivity index (χ1n) is 17.9. The Morgan fingerprint density at radius 3 is 1.93 bits per heavy atom. The second-order valence-electron chi connectivity index (χ2n) is 12.9. The van der Waals surface area contributed by atoms with E-state index in [9.17, 15) is 14.0 Å². The van der Waals surface area contributed by atoms with E-state index in [0.717, 1.165) is 19.3 Å². The summed E-state index contributed by atoms with van der Waals surface area (Å²) in [5.74, 6) is 1.42. The molecule has 1 aliphatic rings. The molecule has 0 aromatic carbocycles. The smallest absolute Gasteiger partial charge is 0.312 e. The van der Waals surface area contributed by atoms with Gasteiger partial charge in [0.2, 0.25) is 5.60 Å². The van der Waals surface area contributed by atoms with Crippen molar-refractivity contribution in [2.24, 2.45) is 0 Å². The maximum Gasteiger partial charge on any atom is 0.312 e. The SMILES string of the molecule is C#CC1(COC(=O)CCCCCCCCCCCCCCCCCCCCCCC)OC(n2cnc3c(N)nc(F)nc32)CC1=O. The molecule has 0 amide bonds. The summed E-state index contributed by atoms with van der Waals surface area (Å²) >= 11 is 0. The lowest BCUT2D eigenvalue weighted by Gasteiger charge is -2.22. The molecule has 46 heavy (non-hydrogen) atoms. The van der Waals surface area contributed by atoms with Gasteiger partial charge in [-0.3, -0.25) is 14.2 Å². The molecule has 10 heteroatoms. The Hall–Kier alpha value is -3.06. The van der Waals surface area contributed by atoms with E-state index in [1.165, 1.54) is 126 Å². The van der Waals surface area contributed by atoms with Crippen LogP contribution < -0.4 is 5.73 Å². The van der Waals surface area contributed by atoms with E-state index in [4.69, 9.17) is 21.6 Å². The molecule has 1 aliphatic heterocycles. The second-order valence-corrected chi connectivity index (χ2v) is 12.9. The lowest BCUT2D eigenvalue weighted by atomic mass is 10.0. The molecular formula is C36H56FN5O4. The van der Waals surface area contributed by atoms with Gasteiger partial charge in [-0.15, -0.1) is 6.42 Å². The van der Waals surface area contributed by atoms with E-state index in [2.05, 4.69) is 27.8 Å². The highest BCUT2D eigenvalue weighted by atomic mass is 19.1. The topological polar surface area (TPSA) is 122 Å². The third kappa shape index (κ3) is 12.3. The summed E-state index contributed by atoms with van der Waals surface area (Å²) in [4.78, 5) is 36.5. The van der Waals surface area contributed by atoms with Crippen LogP contribution in [0.25, 0.3) is 11.2 Å². The van der Waals surface area contributed by atoms with Crippen molar-refractivity contribution < 1.29 is 23.5 Å². The van der Waals surface area contributed by atoms with Crippen molar-refractivity contribution in [2.45, 2.75) is 166 Å². The molecule has 0 bridgehead atoms. The van der Waals surface area contributed by atoms with Crippen LogP contribution >= 0.6 is 0 Å². The Labute approximate surface area is 275 Å². The van der Waals surface area contributed by atoms with Crippen LogP contribution in [0.5, 0.6) is 0 Å². The number of carbonyl (C=O) groups is 2. The number of rotatable bonds is 25. The van der Waals surface area contributed by atoms with Crippen LogP contribution in [0.1, 0.15) is 161 Å². The largest absolute Gasteiger partial charge is 0.461 e. The number of aromatic nitrogens is 4. The van der Waals surface area contributed by atoms with Gasteiger partial charge in [-0.05, 0) is 6.42 Å². The number of carbonyl (C=O) groups excluding carboxylic acids is 2. The van der Waals surface area contributed by atoms with Gasteiger partial charge < -0.3 is 15.2 Å². The van der Waals surface area contributed by atoms with E-state index >= 15 is 0 Å². The lowest BCUT2D eigenvalue weighted by Crippen LogP contribution is -2.40. The third-order valence-corrected chi connectivity index (χ3v) is 9.03. The van der Waals surface area contributed by atoms with Gasteiger partial charge in [0.1, 0.15) is 12.8 Å². The fourth-order valence-corrected chi connectivity index (χ4v) is 6.17. The molecular weight excluding hydrogens is 585 g/mol. The number of halogens is 1. The van der Waals surface area contributed by atoms with Gasteiger partial charge in [-0.2, -0.15) is 14.4 Å².